The second-order valence-electron chi connectivity index (χ2n) is 4.73. The van der Waals surface area contributed by atoms with Crippen molar-refractivity contribution in [1.82, 2.24) is 10.3 Å². The minimum absolute atomic E-state index is 0. The van der Waals surface area contributed by atoms with Crippen LogP contribution in [0.1, 0.15) is 49.2 Å². The number of ether oxygens (including phenoxy) is 1. The fourth-order valence-corrected chi connectivity index (χ4v) is 1.88. The second kappa shape index (κ2) is 6.94. The molecular formula is C11H15LiN2O4S. The molecule has 1 heterocycles. The molecule has 1 aromatic heterocycles. The molecule has 0 bridgehead atoms. The van der Waals surface area contributed by atoms with Crippen LogP contribution in [0.4, 0.5) is 4.79 Å². The minimum Gasteiger partial charge on any atom is -0.542 e. The maximum Gasteiger partial charge on any atom is 1.00 e. The summed E-state index contributed by atoms with van der Waals surface area (Å²) in [6, 6.07) is -0.427. The zero-order valence-corrected chi connectivity index (χ0v) is 12.5. The van der Waals surface area contributed by atoms with Crippen LogP contribution in [-0.2, 0) is 4.74 Å². The number of nitrogens with zero attached hydrogens (tertiary/aromatic N) is 1. The molecule has 0 aliphatic rings. The van der Waals surface area contributed by atoms with Gasteiger partial charge in [0.05, 0.1) is 11.7 Å². The van der Waals surface area contributed by atoms with E-state index in [-0.39, 0.29) is 23.9 Å². The first kappa shape index (κ1) is 18.0. The van der Waals surface area contributed by atoms with Crippen molar-refractivity contribution in [3.8, 4) is 0 Å². The Morgan fingerprint density at radius 3 is 2.47 bits per heavy atom. The molecule has 0 saturated heterocycles. The average molecular weight is 278 g/mol. The van der Waals surface area contributed by atoms with Crippen molar-refractivity contribution >= 4 is 23.4 Å². The van der Waals surface area contributed by atoms with Crippen LogP contribution >= 0.6 is 11.3 Å². The van der Waals surface area contributed by atoms with Crippen LogP contribution in [0.5, 0.6) is 0 Å². The molecule has 1 amide bonds. The van der Waals surface area contributed by atoms with Gasteiger partial charge in [0, 0.05) is 5.38 Å². The zero-order valence-electron chi connectivity index (χ0n) is 11.6. The predicted octanol–water partition coefficient (Wildman–Crippen LogP) is -1.90. The third-order valence-corrected chi connectivity index (χ3v) is 2.71. The summed E-state index contributed by atoms with van der Waals surface area (Å²) in [6.07, 6.45) is -0.571. The number of carboxylic acids is 1. The van der Waals surface area contributed by atoms with E-state index in [1.165, 1.54) is 0 Å². The SMILES string of the molecule is C[C@H](NC(=O)OC(C)(C)C)c1csc(C(=O)[O-])n1.[Li+]. The van der Waals surface area contributed by atoms with Crippen molar-refractivity contribution in [2.45, 2.75) is 39.3 Å². The van der Waals surface area contributed by atoms with E-state index in [4.69, 9.17) is 4.74 Å². The fourth-order valence-electron chi connectivity index (χ4n) is 1.14. The van der Waals surface area contributed by atoms with Gasteiger partial charge in [-0.25, -0.2) is 9.78 Å². The predicted molar refractivity (Wildman–Crippen MR) is 64.2 cm³/mol. The van der Waals surface area contributed by atoms with Crippen molar-refractivity contribution in [1.29, 1.82) is 0 Å². The second-order valence-corrected chi connectivity index (χ2v) is 5.59. The van der Waals surface area contributed by atoms with Crippen LogP contribution in [0.2, 0.25) is 0 Å². The van der Waals surface area contributed by atoms with Gasteiger partial charge in [-0.15, -0.1) is 11.3 Å². The number of nitrogens with one attached hydrogen (secondary N) is 1. The van der Waals surface area contributed by atoms with Crippen molar-refractivity contribution in [2.75, 3.05) is 0 Å². The molecule has 0 radical (unpaired) electrons. The Morgan fingerprint density at radius 1 is 1.47 bits per heavy atom. The standard InChI is InChI=1S/C11H16N2O4S.Li/c1-6(12-10(16)17-11(2,3)4)7-5-18-8(13-7)9(14)15;/h5-6H,1-4H3,(H,12,16)(H,14,15);/q;+1/p-1/t6-;/m0./s1. The Morgan fingerprint density at radius 2 is 2.05 bits per heavy atom. The number of rotatable bonds is 3. The normalized spacial score (nSPS) is 12.2. The van der Waals surface area contributed by atoms with E-state index in [9.17, 15) is 14.7 Å². The summed E-state index contributed by atoms with van der Waals surface area (Å²) >= 11 is 0.961. The van der Waals surface area contributed by atoms with Crippen LogP contribution in [0.3, 0.4) is 0 Å². The number of alkyl carbamates (subject to hydrolysis) is 1. The van der Waals surface area contributed by atoms with Gasteiger partial charge in [-0.05, 0) is 27.7 Å². The maximum absolute atomic E-state index is 11.5. The first-order valence-electron chi connectivity index (χ1n) is 5.35. The molecular weight excluding hydrogens is 263 g/mol. The number of carboxylic acid groups (broad SMARTS) is 1. The summed E-state index contributed by atoms with van der Waals surface area (Å²) in [5, 5.41) is 14.6. The van der Waals surface area contributed by atoms with Gasteiger partial charge in [0.2, 0.25) is 0 Å². The smallest absolute Gasteiger partial charge is 0.542 e. The maximum atomic E-state index is 11.5. The molecule has 100 valence electrons. The molecule has 0 aliphatic carbocycles. The van der Waals surface area contributed by atoms with Gasteiger partial charge in [0.25, 0.3) is 0 Å². The number of carbonyl (C=O) groups is 2. The third kappa shape index (κ3) is 6.10. The third-order valence-electron chi connectivity index (χ3n) is 1.87. The number of aromatic carboxylic acids is 1. The first-order valence-corrected chi connectivity index (χ1v) is 6.23. The van der Waals surface area contributed by atoms with Crippen LogP contribution in [0.25, 0.3) is 0 Å². The van der Waals surface area contributed by atoms with Gasteiger partial charge in [-0.1, -0.05) is 0 Å². The average Bonchev–Trinajstić information content (AvgIpc) is 2.62. The Labute approximate surface area is 127 Å². The number of carbonyl (C=O) groups excluding carboxylic acids is 2. The molecule has 6 nitrogen and oxygen atoms in total. The Kier molecular flexibility index (Phi) is 6.56. The van der Waals surface area contributed by atoms with E-state index >= 15 is 0 Å². The molecule has 0 unspecified atom stereocenters. The summed E-state index contributed by atoms with van der Waals surface area (Å²) < 4.78 is 5.08. The summed E-state index contributed by atoms with van der Waals surface area (Å²) in [5.74, 6) is -1.32. The van der Waals surface area contributed by atoms with E-state index in [1.54, 1.807) is 33.1 Å². The molecule has 0 fully saturated rings. The number of hydrogen-bond acceptors (Lipinski definition) is 6. The minimum atomic E-state index is -1.32. The topological polar surface area (TPSA) is 91.3 Å². The number of amides is 1. The Hall–Kier alpha value is -1.03. The zero-order chi connectivity index (χ0) is 13.9. The number of hydrogen-bond donors (Lipinski definition) is 1. The van der Waals surface area contributed by atoms with Crippen LogP contribution < -0.4 is 29.3 Å². The Bertz CT molecular complexity index is 456. The number of thiazole rings is 1. The molecule has 0 aromatic carbocycles. The van der Waals surface area contributed by atoms with Gasteiger partial charge in [-0.2, -0.15) is 0 Å². The van der Waals surface area contributed by atoms with E-state index in [2.05, 4.69) is 10.3 Å². The monoisotopic (exact) mass is 278 g/mol. The molecule has 0 saturated carbocycles. The van der Waals surface area contributed by atoms with E-state index in [0.717, 1.165) is 11.3 Å². The fraction of sp³-hybridized carbons (Fsp3) is 0.545. The van der Waals surface area contributed by atoms with Crippen LogP contribution in [-0.4, -0.2) is 22.6 Å². The Balaban J connectivity index is 0.00000324. The van der Waals surface area contributed by atoms with Crippen molar-refractivity contribution in [2.24, 2.45) is 0 Å². The molecule has 8 heteroatoms. The van der Waals surface area contributed by atoms with Crippen LogP contribution in [0, 0.1) is 0 Å². The molecule has 0 aliphatic heterocycles. The summed E-state index contributed by atoms with van der Waals surface area (Å²) in [6.45, 7) is 6.97. The van der Waals surface area contributed by atoms with Crippen molar-refractivity contribution in [3.05, 3.63) is 16.1 Å². The largest absolute Gasteiger partial charge is 1.00 e. The van der Waals surface area contributed by atoms with E-state index < -0.39 is 23.7 Å². The van der Waals surface area contributed by atoms with Gasteiger partial charge in [-0.3, -0.25) is 0 Å². The molecule has 1 atom stereocenters. The molecule has 1 N–H and O–H groups in total. The number of aromatic nitrogens is 1. The van der Waals surface area contributed by atoms with Gasteiger partial charge < -0.3 is 20.0 Å². The van der Waals surface area contributed by atoms with E-state index in [0.29, 0.717) is 5.69 Å². The van der Waals surface area contributed by atoms with E-state index in [1.807, 2.05) is 0 Å². The van der Waals surface area contributed by atoms with Gasteiger partial charge in [0.1, 0.15) is 16.6 Å². The first-order chi connectivity index (χ1) is 8.19. The van der Waals surface area contributed by atoms with Crippen LogP contribution in [0.15, 0.2) is 5.38 Å². The molecule has 0 spiro atoms. The molecule has 1 aromatic rings. The van der Waals surface area contributed by atoms with Gasteiger partial charge in [0.15, 0.2) is 0 Å². The summed E-state index contributed by atoms with van der Waals surface area (Å²) in [5.41, 5.74) is -0.118. The molecule has 19 heavy (non-hydrogen) atoms. The van der Waals surface area contributed by atoms with Crippen molar-refractivity contribution in [3.63, 3.8) is 0 Å². The summed E-state index contributed by atoms with van der Waals surface area (Å²) in [4.78, 5) is 25.9. The molecule has 1 rings (SSSR count). The van der Waals surface area contributed by atoms with Crippen molar-refractivity contribution < 1.29 is 38.3 Å². The quantitative estimate of drug-likeness (QED) is 0.652. The van der Waals surface area contributed by atoms with Gasteiger partial charge >= 0.3 is 25.0 Å². The summed E-state index contributed by atoms with van der Waals surface area (Å²) in [7, 11) is 0.